The van der Waals surface area contributed by atoms with E-state index in [-0.39, 0.29) is 28.0 Å². The minimum atomic E-state index is -3.88. The van der Waals surface area contributed by atoms with Gasteiger partial charge in [0.2, 0.25) is 26.7 Å². The normalized spacial score (nSPS) is 13.3. The zero-order valence-electron chi connectivity index (χ0n) is 15.8. The average molecular weight is 446 g/mol. The predicted octanol–water partition coefficient (Wildman–Crippen LogP) is 2.77. The topological polar surface area (TPSA) is 98.8 Å². The Kier molecular flexibility index (Phi) is 5.50. The summed E-state index contributed by atoms with van der Waals surface area (Å²) < 4.78 is 64.0. The molecule has 0 saturated carbocycles. The summed E-state index contributed by atoms with van der Waals surface area (Å²) >= 11 is 0. The van der Waals surface area contributed by atoms with Crippen LogP contribution >= 0.6 is 0 Å². The second-order valence-electron chi connectivity index (χ2n) is 6.63. The molecule has 9 heteroatoms. The van der Waals surface area contributed by atoms with Crippen molar-refractivity contribution in [3.63, 3.8) is 0 Å². The molecule has 1 aliphatic heterocycles. The van der Waals surface area contributed by atoms with E-state index in [0.29, 0.717) is 17.9 Å². The fraction of sp³-hybridized carbons (Fsp3) is 0.143. The Bertz CT molecular complexity index is 1270. The van der Waals surface area contributed by atoms with Crippen molar-refractivity contribution < 1.29 is 26.3 Å². The highest BCUT2D eigenvalue weighted by atomic mass is 32.2. The molecule has 1 N–H and O–H groups in total. The summed E-state index contributed by atoms with van der Waals surface area (Å²) in [7, 11) is -7.69. The van der Waals surface area contributed by atoms with Crippen molar-refractivity contribution in [2.75, 3.05) is 13.3 Å². The second-order valence-corrected chi connectivity index (χ2v) is 10.3. The van der Waals surface area contributed by atoms with Crippen LogP contribution in [0.2, 0.25) is 0 Å². The van der Waals surface area contributed by atoms with Crippen LogP contribution in [-0.2, 0) is 26.3 Å². The number of fused-ring (bicyclic) bond motifs is 1. The molecule has 7 nitrogen and oxygen atoms in total. The summed E-state index contributed by atoms with van der Waals surface area (Å²) in [6, 6.07) is 18.7. The largest absolute Gasteiger partial charge is 0.454 e. The lowest BCUT2D eigenvalue weighted by molar-refractivity contribution is 0.174. The highest BCUT2D eigenvalue weighted by Gasteiger charge is 2.21. The Balaban J connectivity index is 1.49. The number of hydrogen-bond donors (Lipinski definition) is 1. The molecule has 0 saturated heterocycles. The van der Waals surface area contributed by atoms with Crippen LogP contribution in [0.25, 0.3) is 0 Å². The Hall–Kier alpha value is -2.88. The number of sulfonamides is 1. The summed E-state index contributed by atoms with van der Waals surface area (Å²) in [5, 5.41) is 0. The van der Waals surface area contributed by atoms with Gasteiger partial charge in [-0.15, -0.1) is 0 Å². The third kappa shape index (κ3) is 4.18. The summed E-state index contributed by atoms with van der Waals surface area (Å²) in [4.78, 5) is -0.0761. The first kappa shape index (κ1) is 20.4. The number of hydrogen-bond acceptors (Lipinski definition) is 6. The molecule has 0 unspecified atom stereocenters. The summed E-state index contributed by atoms with van der Waals surface area (Å²) in [5.41, 5.74) is 0.891. The molecule has 30 heavy (non-hydrogen) atoms. The summed E-state index contributed by atoms with van der Waals surface area (Å²) in [6.07, 6.45) is 0.442. The zero-order valence-corrected chi connectivity index (χ0v) is 17.4. The van der Waals surface area contributed by atoms with Crippen LogP contribution in [0, 0.1) is 0 Å². The molecule has 0 spiro atoms. The van der Waals surface area contributed by atoms with E-state index in [2.05, 4.69) is 4.72 Å². The zero-order chi connectivity index (χ0) is 21.2. The molecule has 1 heterocycles. The quantitative estimate of drug-likeness (QED) is 0.600. The van der Waals surface area contributed by atoms with Crippen molar-refractivity contribution in [2.24, 2.45) is 0 Å². The third-order valence-electron chi connectivity index (χ3n) is 4.62. The Morgan fingerprint density at radius 2 is 1.43 bits per heavy atom. The maximum absolute atomic E-state index is 12.8. The molecule has 0 amide bonds. The van der Waals surface area contributed by atoms with Crippen LogP contribution in [-0.4, -0.2) is 30.2 Å². The molecule has 156 valence electrons. The van der Waals surface area contributed by atoms with Gasteiger partial charge >= 0.3 is 0 Å². The van der Waals surface area contributed by atoms with Gasteiger partial charge in [0.1, 0.15) is 0 Å². The molecule has 4 rings (SSSR count). The Labute approximate surface area is 175 Å². The van der Waals surface area contributed by atoms with E-state index >= 15 is 0 Å². The highest BCUT2D eigenvalue weighted by Crippen LogP contribution is 2.32. The average Bonchev–Trinajstić information content (AvgIpc) is 3.22. The molecule has 0 aromatic heterocycles. The summed E-state index contributed by atoms with van der Waals surface area (Å²) in [5.74, 6) is 1.30. The smallest absolute Gasteiger partial charge is 0.240 e. The first-order valence-electron chi connectivity index (χ1n) is 9.15. The van der Waals surface area contributed by atoms with Crippen molar-refractivity contribution in [3.05, 3.63) is 78.4 Å². The maximum Gasteiger partial charge on any atom is 0.240 e. The lowest BCUT2D eigenvalue weighted by atomic mass is 10.1. The SMILES string of the molecule is O=S(=O)(NCCc1ccc2c(c1)OCO2)c1cccc(S(=O)(=O)c2ccccc2)c1. The molecular formula is C21H19NO6S2. The molecule has 3 aromatic carbocycles. The van der Waals surface area contributed by atoms with Crippen LogP contribution in [0.4, 0.5) is 0 Å². The van der Waals surface area contributed by atoms with Crippen LogP contribution < -0.4 is 14.2 Å². The number of rotatable bonds is 7. The van der Waals surface area contributed by atoms with Crippen LogP contribution in [0.1, 0.15) is 5.56 Å². The predicted molar refractivity (Wildman–Crippen MR) is 110 cm³/mol. The number of sulfone groups is 1. The van der Waals surface area contributed by atoms with Gasteiger partial charge < -0.3 is 9.47 Å². The standard InChI is InChI=1S/C21H19NO6S2/c23-29(24,17-5-2-1-3-6-17)18-7-4-8-19(14-18)30(25,26)22-12-11-16-9-10-20-21(13-16)28-15-27-20/h1-10,13-14,22H,11-12,15H2. The lowest BCUT2D eigenvalue weighted by Gasteiger charge is -2.10. The first-order chi connectivity index (χ1) is 14.4. The van der Waals surface area contributed by atoms with Gasteiger partial charge in [-0.05, 0) is 54.4 Å². The van der Waals surface area contributed by atoms with Crippen molar-refractivity contribution in [2.45, 2.75) is 21.1 Å². The molecule has 0 atom stereocenters. The van der Waals surface area contributed by atoms with Gasteiger partial charge in [-0.3, -0.25) is 0 Å². The van der Waals surface area contributed by atoms with E-state index < -0.39 is 19.9 Å². The Morgan fingerprint density at radius 3 is 2.23 bits per heavy atom. The van der Waals surface area contributed by atoms with E-state index in [1.165, 1.54) is 36.4 Å². The van der Waals surface area contributed by atoms with Gasteiger partial charge in [-0.25, -0.2) is 21.6 Å². The monoisotopic (exact) mass is 445 g/mol. The molecule has 0 bridgehead atoms. The van der Waals surface area contributed by atoms with Crippen molar-refractivity contribution in [3.8, 4) is 11.5 Å². The molecule has 1 aliphatic rings. The van der Waals surface area contributed by atoms with Crippen molar-refractivity contribution >= 4 is 19.9 Å². The minimum Gasteiger partial charge on any atom is -0.454 e. The van der Waals surface area contributed by atoms with Crippen LogP contribution in [0.3, 0.4) is 0 Å². The second kappa shape index (κ2) is 8.10. The van der Waals surface area contributed by atoms with Crippen LogP contribution in [0.15, 0.2) is 87.5 Å². The van der Waals surface area contributed by atoms with Gasteiger partial charge in [0.15, 0.2) is 11.5 Å². The van der Waals surface area contributed by atoms with E-state index in [0.717, 1.165) is 5.56 Å². The van der Waals surface area contributed by atoms with Gasteiger partial charge in [0.25, 0.3) is 0 Å². The Morgan fingerprint density at radius 1 is 0.733 bits per heavy atom. The van der Waals surface area contributed by atoms with Crippen LogP contribution in [0.5, 0.6) is 11.5 Å². The lowest BCUT2D eigenvalue weighted by Crippen LogP contribution is -2.26. The molecule has 0 fully saturated rings. The van der Waals surface area contributed by atoms with E-state index in [1.54, 1.807) is 24.3 Å². The number of benzene rings is 3. The van der Waals surface area contributed by atoms with Gasteiger partial charge in [-0.2, -0.15) is 0 Å². The number of nitrogens with one attached hydrogen (secondary N) is 1. The first-order valence-corrected chi connectivity index (χ1v) is 12.1. The molecular weight excluding hydrogens is 426 g/mol. The van der Waals surface area contributed by atoms with E-state index in [4.69, 9.17) is 9.47 Å². The molecule has 0 radical (unpaired) electrons. The molecule has 3 aromatic rings. The van der Waals surface area contributed by atoms with E-state index in [1.807, 2.05) is 12.1 Å². The van der Waals surface area contributed by atoms with Crippen molar-refractivity contribution in [1.82, 2.24) is 4.72 Å². The van der Waals surface area contributed by atoms with Gasteiger partial charge in [-0.1, -0.05) is 30.3 Å². The fourth-order valence-corrected chi connectivity index (χ4v) is 5.53. The minimum absolute atomic E-state index is 0.0765. The maximum atomic E-state index is 12.8. The third-order valence-corrected chi connectivity index (χ3v) is 7.85. The molecule has 0 aliphatic carbocycles. The number of ether oxygens (including phenoxy) is 2. The van der Waals surface area contributed by atoms with Gasteiger partial charge in [0, 0.05) is 6.54 Å². The highest BCUT2D eigenvalue weighted by molar-refractivity contribution is 7.91. The fourth-order valence-electron chi connectivity index (χ4n) is 3.05. The van der Waals surface area contributed by atoms with E-state index in [9.17, 15) is 16.8 Å². The van der Waals surface area contributed by atoms with Crippen molar-refractivity contribution in [1.29, 1.82) is 0 Å². The summed E-state index contributed by atoms with van der Waals surface area (Å²) in [6.45, 7) is 0.325. The van der Waals surface area contributed by atoms with Gasteiger partial charge in [0.05, 0.1) is 14.7 Å².